The number of hydrogen-bond donors (Lipinski definition) is 2. The number of carbonyl (C=O) groups is 3. The van der Waals surface area contributed by atoms with E-state index in [0.29, 0.717) is 59.4 Å². The molecule has 1 fully saturated rings. The van der Waals surface area contributed by atoms with Crippen LogP contribution in [0.4, 0.5) is 0 Å². The van der Waals surface area contributed by atoms with Gasteiger partial charge in [0, 0.05) is 44.9 Å². The van der Waals surface area contributed by atoms with Crippen LogP contribution in [0.5, 0.6) is 0 Å². The Labute approximate surface area is 301 Å². The van der Waals surface area contributed by atoms with Crippen molar-refractivity contribution in [2.45, 2.75) is 79.0 Å². The second-order valence-electron chi connectivity index (χ2n) is 13.6. The lowest BCUT2D eigenvalue weighted by atomic mass is 9.76. The van der Waals surface area contributed by atoms with Gasteiger partial charge in [-0.3, -0.25) is 14.4 Å². The molecule has 1 aromatic carbocycles. The van der Waals surface area contributed by atoms with Crippen LogP contribution in [0.1, 0.15) is 64.6 Å². The summed E-state index contributed by atoms with van der Waals surface area (Å²) in [6.07, 6.45) is 0.528. The minimum atomic E-state index is -0.815. The summed E-state index contributed by atoms with van der Waals surface area (Å²) in [6, 6.07) is 7.12. The summed E-state index contributed by atoms with van der Waals surface area (Å²) in [5.41, 5.74) is 4.25. The zero-order valence-corrected chi connectivity index (χ0v) is 31.3. The van der Waals surface area contributed by atoms with Gasteiger partial charge in [0.05, 0.1) is 81.6 Å². The largest absolute Gasteiger partial charge is 0.391 e. The molecule has 280 valence electrons. The number of likely N-dealkylation sites (tertiary alicyclic amines) is 1. The third kappa shape index (κ3) is 14.5. The van der Waals surface area contributed by atoms with Crippen LogP contribution in [0.15, 0.2) is 29.8 Å². The second kappa shape index (κ2) is 22.2. The first-order chi connectivity index (χ1) is 24.0. The number of carbonyl (C=O) groups excluding carboxylic acids is 3. The number of nitrogens with one attached hydrogen (secondary N) is 1. The smallest absolute Gasteiger partial charge is 0.243 e. The topological polar surface area (TPSA) is 146 Å². The summed E-state index contributed by atoms with van der Waals surface area (Å²) < 4.78 is 27.3. The maximum absolute atomic E-state index is 13.9. The number of rotatable bonds is 24. The number of aryl methyl sites for hydroxylation is 1. The number of aromatic nitrogens is 1. The molecule has 1 aromatic heterocycles. The van der Waals surface area contributed by atoms with E-state index in [1.54, 1.807) is 11.3 Å². The summed E-state index contributed by atoms with van der Waals surface area (Å²) in [5.74, 6) is -1.36. The number of nitrogens with zero attached hydrogens (tertiary/aromatic N) is 2. The predicted octanol–water partition coefficient (Wildman–Crippen LogP) is 4.20. The van der Waals surface area contributed by atoms with E-state index in [1.165, 1.54) is 4.90 Å². The maximum atomic E-state index is 13.9. The average molecular weight is 720 g/mol. The highest BCUT2D eigenvalue weighted by Gasteiger charge is 2.44. The number of aliphatic hydroxyl groups excluding tert-OH is 1. The Morgan fingerprint density at radius 2 is 1.48 bits per heavy atom. The minimum absolute atomic E-state index is 0.0293. The van der Waals surface area contributed by atoms with Gasteiger partial charge in [0.25, 0.3) is 0 Å². The van der Waals surface area contributed by atoms with Crippen LogP contribution in [-0.2, 0) is 44.6 Å². The van der Waals surface area contributed by atoms with Gasteiger partial charge in [-0.15, -0.1) is 11.3 Å². The molecule has 0 radical (unpaired) electrons. The van der Waals surface area contributed by atoms with Gasteiger partial charge >= 0.3 is 0 Å². The van der Waals surface area contributed by atoms with Crippen LogP contribution in [0.25, 0.3) is 10.4 Å². The normalized spacial score (nSPS) is 16.9. The Morgan fingerprint density at radius 1 is 0.920 bits per heavy atom. The lowest BCUT2D eigenvalue weighted by molar-refractivity contribution is -0.146. The van der Waals surface area contributed by atoms with Crippen molar-refractivity contribution in [3.8, 4) is 10.4 Å². The van der Waals surface area contributed by atoms with Gasteiger partial charge < -0.3 is 39.0 Å². The molecule has 1 saturated heterocycles. The van der Waals surface area contributed by atoms with E-state index in [2.05, 4.69) is 17.2 Å². The SMILES string of the molecule is CCCOCCOCCOCCOCCOCCC(=O)C[C@H](C(=O)N1C[C@H](O)C[C@@H]1C(=O)NCc1ccc(-c2scnc2C)cc1)C(C)(C)C. The third-order valence-electron chi connectivity index (χ3n) is 8.43. The number of hydrogen-bond acceptors (Lipinski definition) is 11. The van der Waals surface area contributed by atoms with Gasteiger partial charge in [-0.25, -0.2) is 4.98 Å². The molecule has 0 aliphatic carbocycles. The molecule has 0 saturated carbocycles. The molecule has 12 nitrogen and oxygen atoms in total. The number of ether oxygens (including phenoxy) is 5. The van der Waals surface area contributed by atoms with Gasteiger partial charge in [0.2, 0.25) is 11.8 Å². The quantitative estimate of drug-likeness (QED) is 0.152. The molecular weight excluding hydrogens is 662 g/mol. The zero-order valence-electron chi connectivity index (χ0n) is 30.4. The molecular formula is C37H57N3O9S. The zero-order chi connectivity index (χ0) is 36.4. The number of ketones is 1. The lowest BCUT2D eigenvalue weighted by Gasteiger charge is -2.34. The van der Waals surface area contributed by atoms with Crippen molar-refractivity contribution in [3.63, 3.8) is 0 Å². The van der Waals surface area contributed by atoms with Crippen molar-refractivity contribution in [2.24, 2.45) is 11.3 Å². The molecule has 50 heavy (non-hydrogen) atoms. The molecule has 0 unspecified atom stereocenters. The predicted molar refractivity (Wildman–Crippen MR) is 192 cm³/mol. The monoisotopic (exact) mass is 719 g/mol. The first-order valence-electron chi connectivity index (χ1n) is 17.7. The molecule has 2 aromatic rings. The number of amides is 2. The van der Waals surface area contributed by atoms with Crippen LogP contribution >= 0.6 is 11.3 Å². The molecule has 3 atom stereocenters. The van der Waals surface area contributed by atoms with Crippen LogP contribution in [0, 0.1) is 18.3 Å². The highest BCUT2D eigenvalue weighted by Crippen LogP contribution is 2.34. The summed E-state index contributed by atoms with van der Waals surface area (Å²) in [6.45, 7) is 14.8. The van der Waals surface area contributed by atoms with Crippen molar-refractivity contribution in [1.29, 1.82) is 0 Å². The molecule has 1 aliphatic rings. The molecule has 2 amide bonds. The highest BCUT2D eigenvalue weighted by molar-refractivity contribution is 7.13. The first kappa shape index (κ1) is 41.6. The van der Waals surface area contributed by atoms with Crippen LogP contribution in [0.3, 0.4) is 0 Å². The Balaban J connectivity index is 1.36. The number of aliphatic hydroxyl groups is 1. The molecule has 0 spiro atoms. The number of Topliss-reactive ketones (excluding diaryl/α,β-unsaturated/α-hetero) is 1. The Morgan fingerprint density at radius 3 is 2.00 bits per heavy atom. The molecule has 2 heterocycles. The van der Waals surface area contributed by atoms with E-state index in [-0.39, 0.29) is 50.0 Å². The van der Waals surface area contributed by atoms with Crippen molar-refractivity contribution in [3.05, 3.63) is 41.0 Å². The van der Waals surface area contributed by atoms with Crippen molar-refractivity contribution in [1.82, 2.24) is 15.2 Å². The van der Waals surface area contributed by atoms with Gasteiger partial charge in [-0.05, 0) is 29.9 Å². The fourth-order valence-electron chi connectivity index (χ4n) is 5.57. The summed E-state index contributed by atoms with van der Waals surface area (Å²) in [5, 5.41) is 13.4. The fourth-order valence-corrected chi connectivity index (χ4v) is 6.38. The molecule has 3 rings (SSSR count). The van der Waals surface area contributed by atoms with Crippen molar-refractivity contribution < 1.29 is 43.2 Å². The van der Waals surface area contributed by atoms with Gasteiger partial charge in [-0.2, -0.15) is 0 Å². The Kier molecular flexibility index (Phi) is 18.5. The van der Waals surface area contributed by atoms with Gasteiger partial charge in [0.1, 0.15) is 11.8 Å². The van der Waals surface area contributed by atoms with E-state index >= 15 is 0 Å². The first-order valence-corrected chi connectivity index (χ1v) is 18.5. The van der Waals surface area contributed by atoms with Crippen molar-refractivity contribution >= 4 is 28.9 Å². The van der Waals surface area contributed by atoms with Gasteiger partial charge in [-0.1, -0.05) is 52.0 Å². The lowest BCUT2D eigenvalue weighted by Crippen LogP contribution is -2.50. The molecule has 1 aliphatic heterocycles. The summed E-state index contributed by atoms with van der Waals surface area (Å²) in [4.78, 5) is 47.0. The average Bonchev–Trinajstić information content (AvgIpc) is 3.70. The van der Waals surface area contributed by atoms with Crippen LogP contribution in [-0.4, -0.2) is 117 Å². The van der Waals surface area contributed by atoms with E-state index < -0.39 is 23.5 Å². The number of thiazole rings is 1. The summed E-state index contributed by atoms with van der Waals surface area (Å²) in [7, 11) is 0. The van der Waals surface area contributed by atoms with E-state index in [0.717, 1.165) is 34.7 Å². The Hall–Kier alpha value is -2.78. The minimum Gasteiger partial charge on any atom is -0.391 e. The highest BCUT2D eigenvalue weighted by atomic mass is 32.1. The van der Waals surface area contributed by atoms with E-state index in [1.807, 2.05) is 57.5 Å². The van der Waals surface area contributed by atoms with E-state index in [9.17, 15) is 19.5 Å². The third-order valence-corrected chi connectivity index (χ3v) is 9.41. The fraction of sp³-hybridized carbons (Fsp3) is 0.676. The van der Waals surface area contributed by atoms with Crippen molar-refractivity contribution in [2.75, 3.05) is 72.6 Å². The summed E-state index contributed by atoms with van der Waals surface area (Å²) >= 11 is 1.58. The standard InChI is InChI=1S/C37H57N3O9S/c1-6-12-45-14-16-47-18-20-49-21-19-48-17-15-46-13-11-30(41)22-32(37(3,4)5)36(44)40-25-31(42)23-33(40)35(43)38-24-28-7-9-29(10-8-28)34-27(2)39-26-50-34/h7-10,26,31-33,42H,6,11-25H2,1-5H3,(H,38,43)/t31-,32-,33-/m1/s1. The Bertz CT molecular complexity index is 1300. The second-order valence-corrected chi connectivity index (χ2v) is 14.4. The number of β-amino-alcohol motifs (C(OH)–C–C–N with tert-alkyl or cyclic N) is 1. The molecule has 2 N–H and O–H groups in total. The van der Waals surface area contributed by atoms with Crippen LogP contribution < -0.4 is 5.32 Å². The van der Waals surface area contributed by atoms with E-state index in [4.69, 9.17) is 23.7 Å². The number of benzene rings is 1. The van der Waals surface area contributed by atoms with Crippen LogP contribution in [0.2, 0.25) is 0 Å². The van der Waals surface area contributed by atoms with Gasteiger partial charge in [0.15, 0.2) is 0 Å². The maximum Gasteiger partial charge on any atom is 0.243 e. The molecule has 0 bridgehead atoms. The molecule has 13 heteroatoms.